The molecule has 2 nitrogen and oxygen atoms in total. The highest BCUT2D eigenvalue weighted by molar-refractivity contribution is 14.1. The predicted octanol–water partition coefficient (Wildman–Crippen LogP) is 3.29. The first-order chi connectivity index (χ1) is 7.70. The summed E-state index contributed by atoms with van der Waals surface area (Å²) in [5.41, 5.74) is 2.66. The molecule has 1 rings (SSSR count). The number of nitrogens with one attached hydrogen (secondary N) is 1. The summed E-state index contributed by atoms with van der Waals surface area (Å²) in [7, 11) is 1.98. The number of hydrogen-bond donors (Lipinski definition) is 1. The van der Waals surface area contributed by atoms with Gasteiger partial charge in [-0.3, -0.25) is 0 Å². The molecule has 1 N–H and O–H groups in total. The standard InChI is InChI=1S/C13H20INO/c1-4-8-16-9-12(15-3)11-7-5-6-10(2)13(11)14/h5-7,12,15H,4,8-9H2,1-3H3. The lowest BCUT2D eigenvalue weighted by Crippen LogP contribution is -2.23. The zero-order valence-corrected chi connectivity index (χ0v) is 12.4. The lowest BCUT2D eigenvalue weighted by Gasteiger charge is -2.19. The van der Waals surface area contributed by atoms with Gasteiger partial charge < -0.3 is 10.1 Å². The average molecular weight is 333 g/mol. The number of aryl methyl sites for hydroxylation is 1. The van der Waals surface area contributed by atoms with Gasteiger partial charge in [0.05, 0.1) is 12.6 Å². The van der Waals surface area contributed by atoms with Crippen molar-refractivity contribution in [3.05, 3.63) is 32.9 Å². The van der Waals surface area contributed by atoms with E-state index in [1.807, 2.05) is 7.05 Å². The van der Waals surface area contributed by atoms with Crippen LogP contribution in [0.2, 0.25) is 0 Å². The van der Waals surface area contributed by atoms with Crippen LogP contribution in [0.25, 0.3) is 0 Å². The molecule has 0 spiro atoms. The van der Waals surface area contributed by atoms with E-state index < -0.39 is 0 Å². The van der Waals surface area contributed by atoms with Crippen molar-refractivity contribution in [2.45, 2.75) is 26.3 Å². The van der Waals surface area contributed by atoms with Crippen LogP contribution in [0.15, 0.2) is 18.2 Å². The maximum Gasteiger partial charge on any atom is 0.0661 e. The maximum absolute atomic E-state index is 5.62. The van der Waals surface area contributed by atoms with Gasteiger partial charge in [-0.2, -0.15) is 0 Å². The Morgan fingerprint density at radius 1 is 1.44 bits per heavy atom. The second kappa shape index (κ2) is 7.25. The van der Waals surface area contributed by atoms with Gasteiger partial charge >= 0.3 is 0 Å². The Morgan fingerprint density at radius 2 is 2.19 bits per heavy atom. The van der Waals surface area contributed by atoms with Gasteiger partial charge in [-0.1, -0.05) is 25.1 Å². The summed E-state index contributed by atoms with van der Waals surface area (Å²) < 4.78 is 6.95. The second-order valence-electron chi connectivity index (χ2n) is 3.89. The first kappa shape index (κ1) is 13.9. The summed E-state index contributed by atoms with van der Waals surface area (Å²) in [5.74, 6) is 0. The third-order valence-electron chi connectivity index (χ3n) is 2.58. The van der Waals surface area contributed by atoms with Gasteiger partial charge in [0.1, 0.15) is 0 Å². The molecule has 0 amide bonds. The van der Waals surface area contributed by atoms with Crippen molar-refractivity contribution in [1.29, 1.82) is 0 Å². The fourth-order valence-corrected chi connectivity index (χ4v) is 2.35. The number of hydrogen-bond acceptors (Lipinski definition) is 2. The van der Waals surface area contributed by atoms with Crippen LogP contribution >= 0.6 is 22.6 Å². The zero-order valence-electron chi connectivity index (χ0n) is 10.2. The number of rotatable bonds is 6. The summed E-state index contributed by atoms with van der Waals surface area (Å²) in [6, 6.07) is 6.71. The highest BCUT2D eigenvalue weighted by atomic mass is 127. The minimum absolute atomic E-state index is 0.290. The van der Waals surface area contributed by atoms with E-state index in [-0.39, 0.29) is 0 Å². The van der Waals surface area contributed by atoms with E-state index >= 15 is 0 Å². The molecule has 16 heavy (non-hydrogen) atoms. The van der Waals surface area contributed by atoms with Crippen molar-refractivity contribution in [2.24, 2.45) is 0 Å². The molecule has 0 fully saturated rings. The Balaban J connectivity index is 2.74. The first-order valence-electron chi connectivity index (χ1n) is 5.70. The summed E-state index contributed by atoms with van der Waals surface area (Å²) in [6.07, 6.45) is 1.07. The number of likely N-dealkylation sites (N-methyl/N-ethyl adjacent to an activating group) is 1. The number of benzene rings is 1. The van der Waals surface area contributed by atoms with Crippen LogP contribution in [-0.4, -0.2) is 20.3 Å². The minimum atomic E-state index is 0.290. The summed E-state index contributed by atoms with van der Waals surface area (Å²) in [5, 5.41) is 3.32. The fraction of sp³-hybridized carbons (Fsp3) is 0.538. The van der Waals surface area contributed by atoms with Crippen LogP contribution in [0.4, 0.5) is 0 Å². The first-order valence-corrected chi connectivity index (χ1v) is 6.78. The molecule has 0 saturated carbocycles. The topological polar surface area (TPSA) is 21.3 Å². The lowest BCUT2D eigenvalue weighted by molar-refractivity contribution is 0.114. The molecule has 0 heterocycles. The van der Waals surface area contributed by atoms with Gasteiger partial charge in [0, 0.05) is 10.2 Å². The Hall–Kier alpha value is -0.130. The molecule has 3 heteroatoms. The normalized spacial score (nSPS) is 12.8. The second-order valence-corrected chi connectivity index (χ2v) is 4.97. The zero-order chi connectivity index (χ0) is 12.0. The predicted molar refractivity (Wildman–Crippen MR) is 76.8 cm³/mol. The van der Waals surface area contributed by atoms with Crippen LogP contribution in [-0.2, 0) is 4.74 Å². The van der Waals surface area contributed by atoms with E-state index in [0.29, 0.717) is 6.04 Å². The van der Waals surface area contributed by atoms with Crippen molar-refractivity contribution in [3.8, 4) is 0 Å². The van der Waals surface area contributed by atoms with E-state index in [0.717, 1.165) is 19.6 Å². The van der Waals surface area contributed by atoms with Crippen LogP contribution < -0.4 is 5.32 Å². The van der Waals surface area contributed by atoms with E-state index in [2.05, 4.69) is 60.0 Å². The molecule has 1 aromatic carbocycles. The molecule has 0 radical (unpaired) electrons. The van der Waals surface area contributed by atoms with Crippen LogP contribution in [0, 0.1) is 10.5 Å². The van der Waals surface area contributed by atoms with Gasteiger partial charge in [-0.05, 0) is 54.1 Å². The Bertz CT molecular complexity index is 328. The molecule has 0 bridgehead atoms. The van der Waals surface area contributed by atoms with Crippen LogP contribution in [0.1, 0.15) is 30.5 Å². The van der Waals surface area contributed by atoms with E-state index in [4.69, 9.17) is 4.74 Å². The van der Waals surface area contributed by atoms with E-state index in [9.17, 15) is 0 Å². The number of ether oxygens (including phenoxy) is 1. The minimum Gasteiger partial charge on any atom is -0.379 e. The highest BCUT2D eigenvalue weighted by Gasteiger charge is 2.13. The van der Waals surface area contributed by atoms with Crippen molar-refractivity contribution >= 4 is 22.6 Å². The van der Waals surface area contributed by atoms with Crippen LogP contribution in [0.5, 0.6) is 0 Å². The third-order valence-corrected chi connectivity index (χ3v) is 4.05. The Kier molecular flexibility index (Phi) is 6.31. The van der Waals surface area contributed by atoms with Crippen molar-refractivity contribution in [3.63, 3.8) is 0 Å². The fourth-order valence-electron chi connectivity index (χ4n) is 1.61. The summed E-state index contributed by atoms with van der Waals surface area (Å²) in [4.78, 5) is 0. The molecule has 90 valence electrons. The molecule has 0 aliphatic heterocycles. The van der Waals surface area contributed by atoms with Crippen molar-refractivity contribution in [2.75, 3.05) is 20.3 Å². The van der Waals surface area contributed by atoms with E-state index in [1.165, 1.54) is 14.7 Å². The maximum atomic E-state index is 5.62. The van der Waals surface area contributed by atoms with Crippen molar-refractivity contribution < 1.29 is 4.74 Å². The van der Waals surface area contributed by atoms with E-state index in [1.54, 1.807) is 0 Å². The summed E-state index contributed by atoms with van der Waals surface area (Å²) >= 11 is 2.41. The molecule has 1 unspecified atom stereocenters. The number of halogens is 1. The SMILES string of the molecule is CCCOCC(NC)c1cccc(C)c1I. The van der Waals surface area contributed by atoms with Gasteiger partial charge in [-0.15, -0.1) is 0 Å². The molecule has 1 aromatic rings. The quantitative estimate of drug-likeness (QED) is 0.637. The Labute approximate surface area is 112 Å². The lowest BCUT2D eigenvalue weighted by atomic mass is 10.1. The largest absolute Gasteiger partial charge is 0.379 e. The van der Waals surface area contributed by atoms with Gasteiger partial charge in [0.2, 0.25) is 0 Å². The van der Waals surface area contributed by atoms with Crippen molar-refractivity contribution in [1.82, 2.24) is 5.32 Å². The van der Waals surface area contributed by atoms with Gasteiger partial charge in [0.15, 0.2) is 0 Å². The van der Waals surface area contributed by atoms with Crippen LogP contribution in [0.3, 0.4) is 0 Å². The molecule has 0 saturated heterocycles. The molecule has 0 aliphatic rings. The molecular formula is C13H20INO. The molecular weight excluding hydrogens is 313 g/mol. The smallest absolute Gasteiger partial charge is 0.0661 e. The third kappa shape index (κ3) is 3.71. The highest BCUT2D eigenvalue weighted by Crippen LogP contribution is 2.23. The molecule has 1 atom stereocenters. The van der Waals surface area contributed by atoms with Gasteiger partial charge in [0.25, 0.3) is 0 Å². The monoisotopic (exact) mass is 333 g/mol. The molecule has 0 aliphatic carbocycles. The van der Waals surface area contributed by atoms with Gasteiger partial charge in [-0.25, -0.2) is 0 Å². The molecule has 0 aromatic heterocycles. The Morgan fingerprint density at radius 3 is 2.81 bits per heavy atom. The summed E-state index contributed by atoms with van der Waals surface area (Å²) in [6.45, 7) is 5.85. The average Bonchev–Trinajstić information content (AvgIpc) is 2.29.